The number of thiazole rings is 1. The molecule has 1 amide bonds. The SMILES string of the molecule is C=CCN(CCO)C(=O)Cc1csc2nc(C)cn12. The summed E-state index contributed by atoms with van der Waals surface area (Å²) in [6.07, 6.45) is 3.90. The summed E-state index contributed by atoms with van der Waals surface area (Å²) < 4.78 is 1.95. The van der Waals surface area contributed by atoms with E-state index in [0.717, 1.165) is 16.3 Å². The van der Waals surface area contributed by atoms with E-state index in [-0.39, 0.29) is 12.5 Å². The van der Waals surface area contributed by atoms with E-state index in [1.54, 1.807) is 11.0 Å². The number of hydrogen-bond donors (Lipinski definition) is 1. The Morgan fingerprint density at radius 3 is 3.16 bits per heavy atom. The molecule has 0 aliphatic heterocycles. The lowest BCUT2D eigenvalue weighted by Crippen LogP contribution is -2.35. The van der Waals surface area contributed by atoms with Gasteiger partial charge in [0.25, 0.3) is 0 Å². The lowest BCUT2D eigenvalue weighted by Gasteiger charge is -2.19. The number of carbonyl (C=O) groups is 1. The zero-order valence-electron chi connectivity index (χ0n) is 10.9. The van der Waals surface area contributed by atoms with Gasteiger partial charge in [0.2, 0.25) is 5.91 Å². The first kappa shape index (κ1) is 13.8. The number of aromatic nitrogens is 2. The topological polar surface area (TPSA) is 57.8 Å². The van der Waals surface area contributed by atoms with Crippen LogP contribution in [0.1, 0.15) is 11.4 Å². The number of amides is 1. The smallest absolute Gasteiger partial charge is 0.228 e. The Balaban J connectivity index is 2.14. The van der Waals surface area contributed by atoms with Crippen molar-refractivity contribution < 1.29 is 9.90 Å². The second-order valence-electron chi connectivity index (χ2n) is 4.29. The third kappa shape index (κ3) is 3.02. The molecule has 0 radical (unpaired) electrons. The van der Waals surface area contributed by atoms with Crippen LogP contribution in [0.25, 0.3) is 4.96 Å². The predicted molar refractivity (Wildman–Crippen MR) is 75.4 cm³/mol. The summed E-state index contributed by atoms with van der Waals surface area (Å²) in [6.45, 7) is 6.31. The van der Waals surface area contributed by atoms with Crippen molar-refractivity contribution in [2.45, 2.75) is 13.3 Å². The third-order valence-corrected chi connectivity index (χ3v) is 3.70. The maximum atomic E-state index is 12.2. The lowest BCUT2D eigenvalue weighted by atomic mass is 10.3. The van der Waals surface area contributed by atoms with Gasteiger partial charge in [-0.3, -0.25) is 9.20 Å². The summed E-state index contributed by atoms with van der Waals surface area (Å²) in [5.74, 6) is -0.0139. The highest BCUT2D eigenvalue weighted by atomic mass is 32.1. The molecule has 2 aromatic rings. The van der Waals surface area contributed by atoms with Gasteiger partial charge >= 0.3 is 0 Å². The van der Waals surface area contributed by atoms with E-state index in [2.05, 4.69) is 11.6 Å². The van der Waals surface area contributed by atoms with E-state index in [0.29, 0.717) is 19.5 Å². The molecule has 6 heteroatoms. The maximum absolute atomic E-state index is 12.2. The second-order valence-corrected chi connectivity index (χ2v) is 5.13. The van der Waals surface area contributed by atoms with Crippen LogP contribution in [0.15, 0.2) is 24.2 Å². The number of rotatable bonds is 6. The number of fused-ring (bicyclic) bond motifs is 1. The first-order chi connectivity index (χ1) is 9.15. The lowest BCUT2D eigenvalue weighted by molar-refractivity contribution is -0.130. The van der Waals surface area contributed by atoms with Gasteiger partial charge in [-0.05, 0) is 6.92 Å². The molecule has 2 rings (SSSR count). The van der Waals surface area contributed by atoms with Gasteiger partial charge in [0.1, 0.15) is 0 Å². The van der Waals surface area contributed by atoms with Crippen LogP contribution < -0.4 is 0 Å². The zero-order valence-corrected chi connectivity index (χ0v) is 11.7. The summed E-state index contributed by atoms with van der Waals surface area (Å²) in [5.41, 5.74) is 1.87. The fourth-order valence-corrected chi connectivity index (χ4v) is 2.85. The van der Waals surface area contributed by atoms with Gasteiger partial charge < -0.3 is 10.0 Å². The molecule has 102 valence electrons. The molecule has 0 saturated carbocycles. The van der Waals surface area contributed by atoms with Gasteiger partial charge in [0.05, 0.1) is 18.7 Å². The molecule has 5 nitrogen and oxygen atoms in total. The van der Waals surface area contributed by atoms with Gasteiger partial charge in [-0.15, -0.1) is 17.9 Å². The molecule has 0 aromatic carbocycles. The Bertz CT molecular complexity index is 588. The van der Waals surface area contributed by atoms with Crippen LogP contribution in [0.4, 0.5) is 0 Å². The number of aryl methyl sites for hydroxylation is 1. The Kier molecular flexibility index (Phi) is 4.34. The minimum Gasteiger partial charge on any atom is -0.395 e. The van der Waals surface area contributed by atoms with Gasteiger partial charge in [-0.1, -0.05) is 6.08 Å². The van der Waals surface area contributed by atoms with E-state index in [9.17, 15) is 4.79 Å². The molecule has 0 atom stereocenters. The van der Waals surface area contributed by atoms with Gasteiger partial charge in [-0.2, -0.15) is 0 Å². The van der Waals surface area contributed by atoms with Crippen molar-refractivity contribution in [3.05, 3.63) is 35.6 Å². The average Bonchev–Trinajstić information content (AvgIpc) is 2.90. The number of nitrogens with zero attached hydrogens (tertiary/aromatic N) is 3. The number of hydrogen-bond acceptors (Lipinski definition) is 4. The number of imidazole rings is 1. The largest absolute Gasteiger partial charge is 0.395 e. The molecule has 0 spiro atoms. The van der Waals surface area contributed by atoms with Crippen LogP contribution >= 0.6 is 11.3 Å². The zero-order chi connectivity index (χ0) is 13.8. The van der Waals surface area contributed by atoms with Crippen LogP contribution in [0.2, 0.25) is 0 Å². The second kappa shape index (κ2) is 5.99. The summed E-state index contributed by atoms with van der Waals surface area (Å²) >= 11 is 1.53. The van der Waals surface area contributed by atoms with Crippen molar-refractivity contribution in [3.8, 4) is 0 Å². The molecule has 0 aliphatic carbocycles. The molecular formula is C13H17N3O2S. The fraction of sp³-hybridized carbons (Fsp3) is 0.385. The van der Waals surface area contributed by atoms with E-state index < -0.39 is 0 Å². The Labute approximate surface area is 115 Å². The van der Waals surface area contributed by atoms with Crippen molar-refractivity contribution in [1.29, 1.82) is 0 Å². The highest BCUT2D eigenvalue weighted by Gasteiger charge is 2.15. The van der Waals surface area contributed by atoms with Gasteiger partial charge in [0.15, 0.2) is 4.96 Å². The summed E-state index contributed by atoms with van der Waals surface area (Å²) in [5, 5.41) is 10.9. The van der Waals surface area contributed by atoms with E-state index in [1.165, 1.54) is 11.3 Å². The number of aliphatic hydroxyl groups is 1. The first-order valence-corrected chi connectivity index (χ1v) is 6.95. The summed E-state index contributed by atoms with van der Waals surface area (Å²) in [7, 11) is 0. The van der Waals surface area contributed by atoms with Crippen LogP contribution in [-0.2, 0) is 11.2 Å². The highest BCUT2D eigenvalue weighted by Crippen LogP contribution is 2.17. The molecule has 0 unspecified atom stereocenters. The van der Waals surface area contributed by atoms with E-state index in [4.69, 9.17) is 5.11 Å². The Hall–Kier alpha value is -1.66. The number of carbonyl (C=O) groups excluding carboxylic acids is 1. The van der Waals surface area contributed by atoms with Crippen molar-refractivity contribution in [2.24, 2.45) is 0 Å². The van der Waals surface area contributed by atoms with Crippen LogP contribution in [-0.4, -0.2) is 45.0 Å². The Morgan fingerprint density at radius 1 is 1.68 bits per heavy atom. The summed E-state index contributed by atoms with van der Waals surface area (Å²) in [4.78, 5) is 19.0. The molecule has 2 heterocycles. The average molecular weight is 279 g/mol. The monoisotopic (exact) mass is 279 g/mol. The molecule has 19 heavy (non-hydrogen) atoms. The van der Waals surface area contributed by atoms with Crippen LogP contribution in [0.5, 0.6) is 0 Å². The molecule has 0 saturated heterocycles. The minimum absolute atomic E-state index is 0.0139. The van der Waals surface area contributed by atoms with Gasteiger partial charge in [-0.25, -0.2) is 4.98 Å². The highest BCUT2D eigenvalue weighted by molar-refractivity contribution is 7.15. The van der Waals surface area contributed by atoms with Crippen molar-refractivity contribution in [3.63, 3.8) is 0 Å². The normalized spacial score (nSPS) is 10.8. The summed E-state index contributed by atoms with van der Waals surface area (Å²) in [6, 6.07) is 0. The predicted octanol–water partition coefficient (Wildman–Crippen LogP) is 1.25. The third-order valence-electron chi connectivity index (χ3n) is 2.81. The number of aliphatic hydroxyl groups excluding tert-OH is 1. The fourth-order valence-electron chi connectivity index (χ4n) is 1.93. The van der Waals surface area contributed by atoms with Crippen molar-refractivity contribution in [2.75, 3.05) is 19.7 Å². The quantitative estimate of drug-likeness (QED) is 0.810. The van der Waals surface area contributed by atoms with Crippen LogP contribution in [0.3, 0.4) is 0 Å². The van der Waals surface area contributed by atoms with Gasteiger partial charge in [0, 0.05) is 30.4 Å². The van der Waals surface area contributed by atoms with Crippen molar-refractivity contribution >= 4 is 22.2 Å². The molecule has 0 fully saturated rings. The van der Waals surface area contributed by atoms with E-state index in [1.807, 2.05) is 22.9 Å². The molecule has 0 aliphatic rings. The van der Waals surface area contributed by atoms with E-state index >= 15 is 0 Å². The maximum Gasteiger partial charge on any atom is 0.228 e. The standard InChI is InChI=1S/C13H17N3O2S/c1-3-4-15(5-6-17)12(18)7-11-9-19-13-14-10(2)8-16(11)13/h3,8-9,17H,1,4-7H2,2H3. The molecular weight excluding hydrogens is 262 g/mol. The molecule has 0 bridgehead atoms. The van der Waals surface area contributed by atoms with Crippen LogP contribution in [0, 0.1) is 6.92 Å². The molecule has 1 N–H and O–H groups in total. The van der Waals surface area contributed by atoms with Crippen molar-refractivity contribution in [1.82, 2.24) is 14.3 Å². The Morgan fingerprint density at radius 2 is 2.47 bits per heavy atom. The molecule has 2 aromatic heterocycles. The first-order valence-electron chi connectivity index (χ1n) is 6.07. The minimum atomic E-state index is -0.0389.